The molecule has 0 saturated heterocycles. The Hall–Kier alpha value is -2.51. The van der Waals surface area contributed by atoms with E-state index in [1.165, 1.54) is 35.3 Å². The number of primary amides is 1. The molecule has 2 N–H and O–H groups in total. The third-order valence-electron chi connectivity index (χ3n) is 2.80. The van der Waals surface area contributed by atoms with Gasteiger partial charge in [0, 0.05) is 6.20 Å². The number of ether oxygens (including phenoxy) is 1. The number of aromatic nitrogens is 2. The van der Waals surface area contributed by atoms with Crippen molar-refractivity contribution in [2.24, 2.45) is 5.73 Å². The summed E-state index contributed by atoms with van der Waals surface area (Å²) in [5.74, 6) is -0.867. The average Bonchev–Trinajstić information content (AvgIpc) is 2.79. The predicted octanol–water partition coefficient (Wildman–Crippen LogP) is 2.24. The van der Waals surface area contributed by atoms with Crippen molar-refractivity contribution in [2.75, 3.05) is 0 Å². The molecule has 0 aliphatic carbocycles. The summed E-state index contributed by atoms with van der Waals surface area (Å²) in [6.07, 6.45) is -1.91. The third-order valence-corrected chi connectivity index (χ3v) is 2.80. The molecule has 5 nitrogen and oxygen atoms in total. The van der Waals surface area contributed by atoms with Crippen molar-refractivity contribution >= 4 is 5.91 Å². The summed E-state index contributed by atoms with van der Waals surface area (Å²) in [7, 11) is 0. The van der Waals surface area contributed by atoms with E-state index in [-0.39, 0.29) is 11.3 Å². The number of rotatable bonds is 4. The molecule has 112 valence electrons. The maximum Gasteiger partial charge on any atom is 0.573 e. The summed E-state index contributed by atoms with van der Waals surface area (Å²) in [5, 5.41) is 3.96. The molecule has 0 saturated carbocycles. The smallest absolute Gasteiger partial charge is 0.406 e. The Morgan fingerprint density at radius 1 is 1.43 bits per heavy atom. The molecule has 2 aromatic rings. The summed E-state index contributed by atoms with van der Waals surface area (Å²) in [5.41, 5.74) is 6.75. The fraction of sp³-hybridized carbons (Fsp3) is 0.231. The van der Waals surface area contributed by atoms with Gasteiger partial charge < -0.3 is 10.5 Å². The van der Waals surface area contributed by atoms with Crippen molar-refractivity contribution in [3.05, 3.63) is 47.3 Å². The number of carbonyl (C=O) groups is 1. The van der Waals surface area contributed by atoms with Gasteiger partial charge in [-0.15, -0.1) is 13.2 Å². The van der Waals surface area contributed by atoms with E-state index in [4.69, 9.17) is 5.73 Å². The highest BCUT2D eigenvalue weighted by molar-refractivity contribution is 5.92. The Morgan fingerprint density at radius 3 is 2.67 bits per heavy atom. The SMILES string of the molecule is Cc1cc(OC(F)(F)F)ccc1Cn1cc(C(N)=O)cn1. The topological polar surface area (TPSA) is 70.1 Å². The zero-order valence-corrected chi connectivity index (χ0v) is 11.0. The van der Waals surface area contributed by atoms with E-state index in [1.54, 1.807) is 6.92 Å². The fourth-order valence-electron chi connectivity index (χ4n) is 1.79. The molecule has 0 unspecified atom stereocenters. The van der Waals surface area contributed by atoms with Gasteiger partial charge in [0.1, 0.15) is 5.75 Å². The number of hydrogen-bond acceptors (Lipinski definition) is 3. The quantitative estimate of drug-likeness (QED) is 0.941. The number of aryl methyl sites for hydroxylation is 1. The first-order valence-electron chi connectivity index (χ1n) is 5.92. The second-order valence-electron chi connectivity index (χ2n) is 4.43. The van der Waals surface area contributed by atoms with E-state index in [0.29, 0.717) is 12.1 Å². The number of nitrogens with zero attached hydrogens (tertiary/aromatic N) is 2. The van der Waals surface area contributed by atoms with Crippen molar-refractivity contribution in [3.8, 4) is 5.75 Å². The van der Waals surface area contributed by atoms with Crippen molar-refractivity contribution in [2.45, 2.75) is 19.8 Å². The van der Waals surface area contributed by atoms with Gasteiger partial charge in [-0.25, -0.2) is 0 Å². The molecule has 0 aliphatic rings. The first-order chi connectivity index (χ1) is 9.74. The van der Waals surface area contributed by atoms with Gasteiger partial charge in [-0.05, 0) is 30.2 Å². The van der Waals surface area contributed by atoms with Crippen LogP contribution >= 0.6 is 0 Å². The van der Waals surface area contributed by atoms with Gasteiger partial charge in [0.05, 0.1) is 18.3 Å². The Labute approximate surface area is 118 Å². The third kappa shape index (κ3) is 3.98. The number of carbonyl (C=O) groups excluding carboxylic acids is 1. The van der Waals surface area contributed by atoms with Crippen molar-refractivity contribution < 1.29 is 22.7 Å². The van der Waals surface area contributed by atoms with Crippen molar-refractivity contribution in [3.63, 3.8) is 0 Å². The highest BCUT2D eigenvalue weighted by atomic mass is 19.4. The molecule has 0 aliphatic heterocycles. The molecule has 0 atom stereocenters. The molecule has 0 fully saturated rings. The first-order valence-corrected chi connectivity index (χ1v) is 5.92. The zero-order valence-electron chi connectivity index (χ0n) is 11.0. The number of hydrogen-bond donors (Lipinski definition) is 1. The Balaban J connectivity index is 2.15. The number of halogens is 3. The normalized spacial score (nSPS) is 11.4. The molecule has 0 radical (unpaired) electrons. The fourth-order valence-corrected chi connectivity index (χ4v) is 1.79. The lowest BCUT2D eigenvalue weighted by Gasteiger charge is -2.11. The molecule has 21 heavy (non-hydrogen) atoms. The lowest BCUT2D eigenvalue weighted by molar-refractivity contribution is -0.274. The molecular formula is C13H12F3N3O2. The van der Waals surface area contributed by atoms with Gasteiger partial charge in [0.2, 0.25) is 0 Å². The minimum absolute atomic E-state index is 0.268. The van der Waals surface area contributed by atoms with Crippen LogP contribution in [0.2, 0.25) is 0 Å². The van der Waals surface area contributed by atoms with E-state index in [1.807, 2.05) is 0 Å². The second-order valence-corrected chi connectivity index (χ2v) is 4.43. The summed E-state index contributed by atoms with van der Waals surface area (Å²) in [6, 6.07) is 4.04. The van der Waals surface area contributed by atoms with Crippen LogP contribution in [-0.4, -0.2) is 22.1 Å². The van der Waals surface area contributed by atoms with Gasteiger partial charge in [0.15, 0.2) is 0 Å². The predicted molar refractivity (Wildman–Crippen MR) is 67.7 cm³/mol. The molecule has 1 aromatic carbocycles. The van der Waals surface area contributed by atoms with Gasteiger partial charge in [-0.3, -0.25) is 9.48 Å². The average molecular weight is 299 g/mol. The van der Waals surface area contributed by atoms with Crippen LogP contribution in [0.5, 0.6) is 5.75 Å². The Bertz CT molecular complexity index is 665. The van der Waals surface area contributed by atoms with E-state index in [2.05, 4.69) is 9.84 Å². The van der Waals surface area contributed by atoms with E-state index >= 15 is 0 Å². The lowest BCUT2D eigenvalue weighted by Crippen LogP contribution is -2.17. The molecule has 1 aromatic heterocycles. The molecule has 0 bridgehead atoms. The number of alkyl halides is 3. The van der Waals surface area contributed by atoms with Crippen LogP contribution in [0.1, 0.15) is 21.5 Å². The van der Waals surface area contributed by atoms with Crippen LogP contribution in [0.4, 0.5) is 13.2 Å². The molecule has 2 rings (SSSR count). The summed E-state index contributed by atoms with van der Waals surface area (Å²) < 4.78 is 41.7. The maximum atomic E-state index is 12.1. The highest BCUT2D eigenvalue weighted by Gasteiger charge is 2.31. The molecule has 0 spiro atoms. The molecular weight excluding hydrogens is 287 g/mol. The van der Waals surface area contributed by atoms with Crippen LogP contribution < -0.4 is 10.5 Å². The van der Waals surface area contributed by atoms with E-state index in [0.717, 1.165) is 5.56 Å². The minimum Gasteiger partial charge on any atom is -0.406 e. The zero-order chi connectivity index (χ0) is 15.6. The Kier molecular flexibility index (Phi) is 3.88. The van der Waals surface area contributed by atoms with Gasteiger partial charge in [-0.1, -0.05) is 6.07 Å². The first kappa shape index (κ1) is 14.9. The van der Waals surface area contributed by atoms with Gasteiger partial charge in [-0.2, -0.15) is 5.10 Å². The standard InChI is InChI=1S/C13H12F3N3O2/c1-8-4-11(21-13(14,15)16)3-2-9(8)6-19-7-10(5-18-19)12(17)20/h2-5,7H,6H2,1H3,(H2,17,20). The summed E-state index contributed by atoms with van der Waals surface area (Å²) in [6.45, 7) is 1.97. The van der Waals surface area contributed by atoms with Crippen molar-refractivity contribution in [1.29, 1.82) is 0 Å². The molecule has 1 heterocycles. The summed E-state index contributed by atoms with van der Waals surface area (Å²) >= 11 is 0. The van der Waals surface area contributed by atoms with Gasteiger partial charge >= 0.3 is 6.36 Å². The van der Waals surface area contributed by atoms with Crippen molar-refractivity contribution in [1.82, 2.24) is 9.78 Å². The van der Waals surface area contributed by atoms with E-state index in [9.17, 15) is 18.0 Å². The highest BCUT2D eigenvalue weighted by Crippen LogP contribution is 2.25. The number of amides is 1. The van der Waals surface area contributed by atoms with E-state index < -0.39 is 12.3 Å². The van der Waals surface area contributed by atoms with Crippen LogP contribution in [0.3, 0.4) is 0 Å². The number of nitrogens with two attached hydrogens (primary N) is 1. The minimum atomic E-state index is -4.72. The van der Waals surface area contributed by atoms with Crippen LogP contribution in [-0.2, 0) is 6.54 Å². The van der Waals surface area contributed by atoms with Crippen LogP contribution in [0.15, 0.2) is 30.6 Å². The van der Waals surface area contributed by atoms with Crippen LogP contribution in [0, 0.1) is 6.92 Å². The lowest BCUT2D eigenvalue weighted by atomic mass is 10.1. The van der Waals surface area contributed by atoms with Crippen LogP contribution in [0.25, 0.3) is 0 Å². The molecule has 1 amide bonds. The maximum absolute atomic E-state index is 12.1. The second kappa shape index (κ2) is 5.47. The Morgan fingerprint density at radius 2 is 2.14 bits per heavy atom. The monoisotopic (exact) mass is 299 g/mol. The summed E-state index contributed by atoms with van der Waals surface area (Å²) in [4.78, 5) is 11.0. The van der Waals surface area contributed by atoms with Gasteiger partial charge in [0.25, 0.3) is 5.91 Å². The molecule has 8 heteroatoms. The largest absolute Gasteiger partial charge is 0.573 e. The number of benzene rings is 1.